The Kier molecular flexibility index (Phi) is 6.64. The molecule has 12 heteroatoms. The van der Waals surface area contributed by atoms with E-state index in [-0.39, 0.29) is 18.0 Å². The average molecular weight is 610 g/mol. The van der Waals surface area contributed by atoms with Gasteiger partial charge in [-0.1, -0.05) is 12.1 Å². The first-order valence-electron chi connectivity index (χ1n) is 14.2. The predicted octanol–water partition coefficient (Wildman–Crippen LogP) is 6.56. The van der Waals surface area contributed by atoms with Gasteiger partial charge in [-0.25, -0.2) is 15.0 Å². The zero-order chi connectivity index (χ0) is 31.3. The zero-order valence-electron chi connectivity index (χ0n) is 24.0. The highest BCUT2D eigenvalue weighted by Crippen LogP contribution is 2.53. The Bertz CT molecular complexity index is 1940. The number of aromatic nitrogens is 4. The number of imidazole rings is 1. The highest BCUT2D eigenvalue weighted by molar-refractivity contribution is 6.07. The van der Waals surface area contributed by atoms with Crippen molar-refractivity contribution in [1.82, 2.24) is 19.5 Å². The largest absolute Gasteiger partial charge is 0.416 e. The third-order valence-corrected chi connectivity index (χ3v) is 8.19. The second-order valence-electron chi connectivity index (χ2n) is 11.2. The van der Waals surface area contributed by atoms with Crippen LogP contribution in [0.4, 0.5) is 36.2 Å². The van der Waals surface area contributed by atoms with Crippen LogP contribution in [0.25, 0.3) is 5.69 Å². The van der Waals surface area contributed by atoms with Crippen LogP contribution in [-0.4, -0.2) is 31.3 Å². The van der Waals surface area contributed by atoms with Crippen molar-refractivity contribution < 1.29 is 22.8 Å². The van der Waals surface area contributed by atoms with Crippen LogP contribution in [0.15, 0.2) is 91.6 Å². The van der Waals surface area contributed by atoms with Gasteiger partial charge in [-0.05, 0) is 79.9 Å². The van der Waals surface area contributed by atoms with Gasteiger partial charge in [0.05, 0.1) is 29.5 Å². The minimum Gasteiger partial charge on any atom is -0.324 e. The molecule has 0 bridgehead atoms. The first-order chi connectivity index (χ1) is 21.6. The molecule has 3 heterocycles. The van der Waals surface area contributed by atoms with Crippen LogP contribution in [0.3, 0.4) is 0 Å². The predicted molar refractivity (Wildman–Crippen MR) is 162 cm³/mol. The number of alkyl halides is 3. The van der Waals surface area contributed by atoms with Crippen LogP contribution in [0.5, 0.6) is 0 Å². The molecule has 2 N–H and O–H groups in total. The molecule has 0 radical (unpaired) electrons. The van der Waals surface area contributed by atoms with Crippen molar-refractivity contribution in [2.45, 2.75) is 37.9 Å². The minimum atomic E-state index is -4.57. The molecule has 1 aliphatic carbocycles. The maximum absolute atomic E-state index is 14.0. The maximum Gasteiger partial charge on any atom is 0.416 e. The molecule has 3 aromatic carbocycles. The second-order valence-corrected chi connectivity index (χ2v) is 11.2. The Morgan fingerprint density at radius 3 is 2.49 bits per heavy atom. The van der Waals surface area contributed by atoms with Gasteiger partial charge in [-0.15, -0.1) is 0 Å². The summed E-state index contributed by atoms with van der Waals surface area (Å²) in [5.74, 6) is -0.379. The molecule has 0 unspecified atom stereocenters. The molecule has 5 aromatic rings. The van der Waals surface area contributed by atoms with E-state index < -0.39 is 23.1 Å². The van der Waals surface area contributed by atoms with Crippen LogP contribution in [0.1, 0.15) is 45.6 Å². The van der Waals surface area contributed by atoms with Crippen LogP contribution >= 0.6 is 0 Å². The van der Waals surface area contributed by atoms with Gasteiger partial charge >= 0.3 is 6.18 Å². The summed E-state index contributed by atoms with van der Waals surface area (Å²) in [5.41, 5.74) is 3.26. The monoisotopic (exact) mass is 609 g/mol. The van der Waals surface area contributed by atoms with Crippen LogP contribution in [0.2, 0.25) is 0 Å². The van der Waals surface area contributed by atoms with Crippen molar-refractivity contribution in [2.75, 3.05) is 15.5 Å². The number of carbonyl (C=O) groups excluding carboxylic acids is 2. The Hall–Kier alpha value is -5.52. The van der Waals surface area contributed by atoms with Gasteiger partial charge in [0.2, 0.25) is 11.9 Å². The van der Waals surface area contributed by atoms with Gasteiger partial charge in [0, 0.05) is 52.5 Å². The fraction of sp³-hybridized carbons (Fsp3) is 0.182. The fourth-order valence-corrected chi connectivity index (χ4v) is 5.64. The molecule has 2 amide bonds. The summed E-state index contributed by atoms with van der Waals surface area (Å²) in [6, 6.07) is 17.1. The SMILES string of the molecule is Cc1ccc(NC(=O)c2cccc(C(F)(F)F)c2)cc1N1Cc2cnc(Nc3ccc(-n4ccnc4)cc3)nc2C2(CC2)C1=O. The lowest BCUT2D eigenvalue weighted by molar-refractivity contribution is -0.137. The third kappa shape index (κ3) is 5.28. The van der Waals surface area contributed by atoms with Gasteiger partial charge in [-0.3, -0.25) is 9.59 Å². The second kappa shape index (κ2) is 10.6. The first kappa shape index (κ1) is 28.3. The van der Waals surface area contributed by atoms with Crippen LogP contribution in [0, 0.1) is 6.92 Å². The molecular formula is C33H26F3N7O2. The van der Waals surface area contributed by atoms with Crippen molar-refractivity contribution >= 4 is 34.8 Å². The van der Waals surface area contributed by atoms with Crippen molar-refractivity contribution in [3.05, 3.63) is 120 Å². The van der Waals surface area contributed by atoms with Crippen molar-refractivity contribution in [2.24, 2.45) is 0 Å². The van der Waals surface area contributed by atoms with E-state index in [1.54, 1.807) is 41.8 Å². The average Bonchev–Trinajstić information content (AvgIpc) is 3.64. The molecule has 1 saturated carbocycles. The molecule has 0 saturated heterocycles. The highest BCUT2D eigenvalue weighted by Gasteiger charge is 2.58. The van der Waals surface area contributed by atoms with E-state index in [0.29, 0.717) is 35.9 Å². The van der Waals surface area contributed by atoms with E-state index in [0.717, 1.165) is 34.6 Å². The van der Waals surface area contributed by atoms with Gasteiger partial charge < -0.3 is 20.1 Å². The number of anilines is 4. The number of carbonyl (C=O) groups is 2. The summed E-state index contributed by atoms with van der Waals surface area (Å²) in [5, 5.41) is 5.91. The Morgan fingerprint density at radius 2 is 1.78 bits per heavy atom. The Morgan fingerprint density at radius 1 is 1.00 bits per heavy atom. The molecule has 226 valence electrons. The molecule has 9 nitrogen and oxygen atoms in total. The summed E-state index contributed by atoms with van der Waals surface area (Å²) in [6.45, 7) is 2.10. The lowest BCUT2D eigenvalue weighted by Crippen LogP contribution is -2.45. The quantitative estimate of drug-likeness (QED) is 0.226. The number of amides is 2. The minimum absolute atomic E-state index is 0.0891. The molecule has 2 aliphatic rings. The molecule has 1 fully saturated rings. The summed E-state index contributed by atoms with van der Waals surface area (Å²) < 4.78 is 41.4. The number of aryl methyl sites for hydroxylation is 1. The van der Waals surface area contributed by atoms with Gasteiger partial charge in [0.1, 0.15) is 0 Å². The fourth-order valence-electron chi connectivity index (χ4n) is 5.64. The van der Waals surface area contributed by atoms with Gasteiger partial charge in [0.15, 0.2) is 0 Å². The summed E-state index contributed by atoms with van der Waals surface area (Å²) in [6.07, 6.45) is 3.76. The van der Waals surface area contributed by atoms with Crippen LogP contribution in [-0.2, 0) is 22.9 Å². The lowest BCUT2D eigenvalue weighted by atomic mass is 9.91. The number of nitrogens with one attached hydrogen (secondary N) is 2. The van der Waals surface area contributed by atoms with Crippen molar-refractivity contribution in [3.8, 4) is 5.69 Å². The van der Waals surface area contributed by atoms with E-state index in [2.05, 4.69) is 20.6 Å². The summed E-state index contributed by atoms with van der Waals surface area (Å²) in [7, 11) is 0. The number of fused-ring (bicyclic) bond motifs is 2. The van der Waals surface area contributed by atoms with Crippen molar-refractivity contribution in [3.63, 3.8) is 0 Å². The Labute approximate surface area is 255 Å². The number of benzene rings is 3. The summed E-state index contributed by atoms with van der Waals surface area (Å²) >= 11 is 0. The number of halogens is 3. The van der Waals surface area contributed by atoms with E-state index in [1.807, 2.05) is 42.0 Å². The number of nitrogens with zero attached hydrogens (tertiary/aromatic N) is 5. The topological polar surface area (TPSA) is 105 Å². The normalized spacial score (nSPS) is 15.1. The first-order valence-corrected chi connectivity index (χ1v) is 14.2. The molecule has 7 rings (SSSR count). The highest BCUT2D eigenvalue weighted by atomic mass is 19.4. The van der Waals surface area contributed by atoms with Crippen molar-refractivity contribution in [1.29, 1.82) is 0 Å². The summed E-state index contributed by atoms with van der Waals surface area (Å²) in [4.78, 5) is 41.9. The smallest absolute Gasteiger partial charge is 0.324 e. The molecule has 1 aliphatic heterocycles. The van der Waals surface area contributed by atoms with E-state index in [1.165, 1.54) is 12.1 Å². The standard InChI is InChI=1S/C33H26F3N7O2/c1-20-5-6-25(39-29(44)21-3-2-4-23(15-21)33(34,35)36)16-27(20)43-18-22-17-38-31(41-28(22)32(11-12-32)30(43)45)40-24-7-9-26(10-8-24)42-14-13-37-19-42/h2-10,13-17,19H,11-12,18H2,1H3,(H,39,44)(H,38,40,41). The third-order valence-electron chi connectivity index (χ3n) is 8.19. The van der Waals surface area contributed by atoms with E-state index in [9.17, 15) is 22.8 Å². The molecule has 0 atom stereocenters. The Balaban J connectivity index is 1.12. The zero-order valence-corrected chi connectivity index (χ0v) is 24.0. The van der Waals surface area contributed by atoms with E-state index >= 15 is 0 Å². The van der Waals surface area contributed by atoms with Crippen LogP contribution < -0.4 is 15.5 Å². The molecule has 1 spiro atoms. The van der Waals surface area contributed by atoms with Gasteiger partial charge in [-0.2, -0.15) is 13.2 Å². The number of hydrogen-bond donors (Lipinski definition) is 2. The number of hydrogen-bond acceptors (Lipinski definition) is 6. The lowest BCUT2D eigenvalue weighted by Gasteiger charge is -2.34. The molecular weight excluding hydrogens is 583 g/mol. The van der Waals surface area contributed by atoms with Gasteiger partial charge in [0.25, 0.3) is 5.91 Å². The maximum atomic E-state index is 14.0. The number of rotatable bonds is 6. The molecule has 2 aromatic heterocycles. The molecule has 45 heavy (non-hydrogen) atoms. The van der Waals surface area contributed by atoms with E-state index in [4.69, 9.17) is 4.98 Å².